The van der Waals surface area contributed by atoms with Crippen LogP contribution >= 0.6 is 0 Å². The molecule has 1 unspecified atom stereocenters. The molecular weight excluding hydrogens is 478 g/mol. The molecule has 1 saturated carbocycles. The van der Waals surface area contributed by atoms with Crippen molar-refractivity contribution < 1.29 is 18.7 Å². The van der Waals surface area contributed by atoms with E-state index in [1.165, 1.54) is 11.8 Å². The van der Waals surface area contributed by atoms with Crippen molar-refractivity contribution >= 4 is 17.5 Å². The number of ether oxygens (including phenoxy) is 1. The first-order valence-electron chi connectivity index (χ1n) is 13.0. The zero-order valence-corrected chi connectivity index (χ0v) is 21.2. The van der Waals surface area contributed by atoms with E-state index in [1.807, 2.05) is 53.4 Å². The third-order valence-corrected chi connectivity index (χ3v) is 7.09. The van der Waals surface area contributed by atoms with Crippen LogP contribution in [0, 0.1) is 12.8 Å². The smallest absolute Gasteiger partial charge is 0.277 e. The SMILES string of the molecule is Cc1cccc(C2c3cc(OCc4nc(C(=O)Nc5ccccc5)co4)ccc3CCN2C(=O)C2CC2)c1. The van der Waals surface area contributed by atoms with Crippen LogP contribution in [0.25, 0.3) is 0 Å². The molecule has 38 heavy (non-hydrogen) atoms. The summed E-state index contributed by atoms with van der Waals surface area (Å²) in [4.78, 5) is 32.1. The van der Waals surface area contributed by atoms with Gasteiger partial charge < -0.3 is 19.4 Å². The van der Waals surface area contributed by atoms with E-state index in [-0.39, 0.29) is 36.1 Å². The Morgan fingerprint density at radius 1 is 1.05 bits per heavy atom. The van der Waals surface area contributed by atoms with Crippen LogP contribution in [-0.4, -0.2) is 28.2 Å². The van der Waals surface area contributed by atoms with Crippen LogP contribution in [0.2, 0.25) is 0 Å². The van der Waals surface area contributed by atoms with E-state index in [0.29, 0.717) is 23.9 Å². The lowest BCUT2D eigenvalue weighted by Crippen LogP contribution is -2.41. The lowest BCUT2D eigenvalue weighted by molar-refractivity contribution is -0.134. The van der Waals surface area contributed by atoms with Gasteiger partial charge >= 0.3 is 0 Å². The summed E-state index contributed by atoms with van der Waals surface area (Å²) in [6, 6.07) is 23.5. The molecule has 0 bridgehead atoms. The van der Waals surface area contributed by atoms with Gasteiger partial charge in [-0.15, -0.1) is 0 Å². The predicted octanol–water partition coefficient (Wildman–Crippen LogP) is 5.70. The molecular formula is C31H29N3O4. The van der Waals surface area contributed by atoms with Crippen LogP contribution in [0.1, 0.15) is 57.5 Å². The van der Waals surface area contributed by atoms with Crippen molar-refractivity contribution in [1.29, 1.82) is 0 Å². The number of carbonyl (C=O) groups excluding carboxylic acids is 2. The molecule has 1 fully saturated rings. The van der Waals surface area contributed by atoms with Gasteiger partial charge in [-0.2, -0.15) is 0 Å². The second kappa shape index (κ2) is 10.2. The molecule has 1 aliphatic heterocycles. The first-order valence-corrected chi connectivity index (χ1v) is 13.0. The Morgan fingerprint density at radius 2 is 1.89 bits per heavy atom. The van der Waals surface area contributed by atoms with Gasteiger partial charge in [0.15, 0.2) is 12.3 Å². The van der Waals surface area contributed by atoms with Crippen molar-refractivity contribution in [1.82, 2.24) is 9.88 Å². The minimum atomic E-state index is -0.346. The van der Waals surface area contributed by atoms with Gasteiger partial charge in [0, 0.05) is 18.2 Å². The normalized spacial score (nSPS) is 16.6. The van der Waals surface area contributed by atoms with E-state index in [9.17, 15) is 9.59 Å². The largest absolute Gasteiger partial charge is 0.484 e. The summed E-state index contributed by atoms with van der Waals surface area (Å²) in [6.07, 6.45) is 4.11. The maximum atomic E-state index is 13.2. The maximum absolute atomic E-state index is 13.2. The van der Waals surface area contributed by atoms with Crippen LogP contribution in [0.15, 0.2) is 83.5 Å². The summed E-state index contributed by atoms with van der Waals surface area (Å²) < 4.78 is 11.5. The maximum Gasteiger partial charge on any atom is 0.277 e. The van der Waals surface area contributed by atoms with Gasteiger partial charge in [0.1, 0.15) is 12.0 Å². The minimum Gasteiger partial charge on any atom is -0.484 e. The molecule has 1 aliphatic carbocycles. The van der Waals surface area contributed by atoms with Crippen LogP contribution in [0.4, 0.5) is 5.69 Å². The van der Waals surface area contributed by atoms with Crippen molar-refractivity contribution in [2.75, 3.05) is 11.9 Å². The molecule has 0 spiro atoms. The van der Waals surface area contributed by atoms with Crippen molar-refractivity contribution in [3.05, 3.63) is 113 Å². The first kappa shape index (κ1) is 24.0. The highest BCUT2D eigenvalue weighted by molar-refractivity contribution is 6.02. The number of hydrogen-bond donors (Lipinski definition) is 1. The van der Waals surface area contributed by atoms with Crippen molar-refractivity contribution in [2.45, 2.75) is 38.8 Å². The van der Waals surface area contributed by atoms with Gasteiger partial charge in [0.25, 0.3) is 5.91 Å². The Hall–Kier alpha value is -4.39. The van der Waals surface area contributed by atoms with Gasteiger partial charge in [-0.05, 0) is 67.1 Å². The molecule has 0 radical (unpaired) electrons. The van der Waals surface area contributed by atoms with Gasteiger partial charge in [-0.25, -0.2) is 4.98 Å². The lowest BCUT2D eigenvalue weighted by Gasteiger charge is -2.38. The number of nitrogens with zero attached hydrogens (tertiary/aromatic N) is 2. The summed E-state index contributed by atoms with van der Waals surface area (Å²) in [5.41, 5.74) is 5.45. The number of para-hydroxylation sites is 1. The van der Waals surface area contributed by atoms with Gasteiger partial charge in [0.2, 0.25) is 11.8 Å². The molecule has 0 saturated heterocycles. The number of nitrogens with one attached hydrogen (secondary N) is 1. The fourth-order valence-corrected chi connectivity index (χ4v) is 5.03. The number of carbonyl (C=O) groups is 2. The fraction of sp³-hybridized carbons (Fsp3) is 0.258. The molecule has 192 valence electrons. The minimum absolute atomic E-state index is 0.0806. The van der Waals surface area contributed by atoms with E-state index in [0.717, 1.165) is 36.0 Å². The molecule has 1 atom stereocenters. The standard InChI is InChI=1S/C31H29N3O4/c1-20-6-5-7-23(16-20)29-26-17-25(13-12-21(26)14-15-34(29)31(36)22-10-11-22)37-19-28-33-27(18-38-28)30(35)32-24-8-3-2-4-9-24/h2-9,12-13,16-18,22,29H,10-11,14-15,19H2,1H3,(H,32,35). The molecule has 3 aromatic carbocycles. The molecule has 2 amide bonds. The van der Waals surface area contributed by atoms with Crippen molar-refractivity contribution in [3.63, 3.8) is 0 Å². The number of benzene rings is 3. The van der Waals surface area contributed by atoms with E-state index in [2.05, 4.69) is 41.5 Å². The Morgan fingerprint density at radius 3 is 2.68 bits per heavy atom. The third kappa shape index (κ3) is 5.05. The number of hydrogen-bond acceptors (Lipinski definition) is 5. The van der Waals surface area contributed by atoms with E-state index in [4.69, 9.17) is 9.15 Å². The summed E-state index contributed by atoms with van der Waals surface area (Å²) in [5.74, 6) is 1.02. The first-order chi connectivity index (χ1) is 18.5. The second-order valence-electron chi connectivity index (χ2n) is 9.97. The zero-order chi connectivity index (χ0) is 26.1. The van der Waals surface area contributed by atoms with E-state index < -0.39 is 0 Å². The van der Waals surface area contributed by atoms with Crippen molar-refractivity contribution in [2.24, 2.45) is 5.92 Å². The summed E-state index contributed by atoms with van der Waals surface area (Å²) in [7, 11) is 0. The highest BCUT2D eigenvalue weighted by atomic mass is 16.5. The number of oxazole rings is 1. The number of aryl methyl sites for hydroxylation is 1. The highest BCUT2D eigenvalue weighted by Crippen LogP contribution is 2.41. The van der Waals surface area contributed by atoms with Crippen LogP contribution in [-0.2, 0) is 17.8 Å². The molecule has 7 nitrogen and oxygen atoms in total. The Labute approximate surface area is 221 Å². The van der Waals surface area contributed by atoms with Crippen molar-refractivity contribution in [3.8, 4) is 5.75 Å². The number of anilines is 1. The zero-order valence-electron chi connectivity index (χ0n) is 21.2. The van der Waals surface area contributed by atoms with Crippen LogP contribution < -0.4 is 10.1 Å². The van der Waals surface area contributed by atoms with Crippen LogP contribution in [0.5, 0.6) is 5.75 Å². The third-order valence-electron chi connectivity index (χ3n) is 7.09. The van der Waals surface area contributed by atoms with Gasteiger partial charge in [-0.1, -0.05) is 54.1 Å². The van der Waals surface area contributed by atoms with Gasteiger partial charge in [-0.3, -0.25) is 9.59 Å². The molecule has 1 aromatic heterocycles. The number of aromatic nitrogens is 1. The number of rotatable bonds is 7. The van der Waals surface area contributed by atoms with E-state index in [1.54, 1.807) is 0 Å². The second-order valence-corrected chi connectivity index (χ2v) is 9.97. The fourth-order valence-electron chi connectivity index (χ4n) is 5.03. The quantitative estimate of drug-likeness (QED) is 0.347. The highest BCUT2D eigenvalue weighted by Gasteiger charge is 2.39. The average Bonchev–Trinajstić information content (AvgIpc) is 3.68. The average molecular weight is 508 g/mol. The molecule has 2 heterocycles. The lowest BCUT2D eigenvalue weighted by atomic mass is 9.87. The molecule has 1 N–H and O–H groups in total. The van der Waals surface area contributed by atoms with Crippen LogP contribution in [0.3, 0.4) is 0 Å². The monoisotopic (exact) mass is 507 g/mol. The number of amides is 2. The molecule has 2 aliphatic rings. The Balaban J connectivity index is 1.21. The number of fused-ring (bicyclic) bond motifs is 1. The Kier molecular flexibility index (Phi) is 6.42. The summed E-state index contributed by atoms with van der Waals surface area (Å²) >= 11 is 0. The molecule has 6 rings (SSSR count). The molecule has 7 heteroatoms. The van der Waals surface area contributed by atoms with E-state index >= 15 is 0 Å². The summed E-state index contributed by atoms with van der Waals surface area (Å²) in [6.45, 7) is 2.87. The predicted molar refractivity (Wildman–Crippen MR) is 143 cm³/mol. The molecule has 4 aromatic rings. The Bertz CT molecular complexity index is 1480. The topological polar surface area (TPSA) is 84.7 Å². The van der Waals surface area contributed by atoms with Gasteiger partial charge in [0.05, 0.1) is 6.04 Å². The summed E-state index contributed by atoms with van der Waals surface area (Å²) in [5, 5.41) is 2.79.